The summed E-state index contributed by atoms with van der Waals surface area (Å²) >= 11 is 11.2. The van der Waals surface area contributed by atoms with Crippen LogP contribution < -0.4 is 0 Å². The van der Waals surface area contributed by atoms with Crippen LogP contribution in [0.2, 0.25) is 0 Å². The smallest absolute Gasteiger partial charge is 0.336 e. The Morgan fingerprint density at radius 3 is 2.45 bits per heavy atom. The zero-order chi connectivity index (χ0) is 21.6. The summed E-state index contributed by atoms with van der Waals surface area (Å²) in [6.45, 7) is 3.22. The number of nitrogens with zero attached hydrogens (tertiary/aromatic N) is 2. The second-order valence-corrected chi connectivity index (χ2v) is 7.00. The van der Waals surface area contributed by atoms with Gasteiger partial charge in [-0.1, -0.05) is 12.1 Å². The molecule has 2 atom stereocenters. The van der Waals surface area contributed by atoms with E-state index in [0.717, 1.165) is 0 Å². The highest BCUT2D eigenvalue weighted by Gasteiger charge is 2.42. The average Bonchev–Trinajstić information content (AvgIpc) is 2.69. The van der Waals surface area contributed by atoms with Crippen molar-refractivity contribution in [3.63, 3.8) is 0 Å². The molecular weight excluding hydrogens is 423 g/mol. The van der Waals surface area contributed by atoms with Gasteiger partial charge in [0.1, 0.15) is 19.1 Å². The summed E-state index contributed by atoms with van der Waals surface area (Å²) in [5.74, 6) is -2.93. The lowest BCUT2D eigenvalue weighted by atomic mass is 9.75. The zero-order valence-corrected chi connectivity index (χ0v) is 17.4. The van der Waals surface area contributed by atoms with Crippen molar-refractivity contribution in [2.75, 3.05) is 25.0 Å². The van der Waals surface area contributed by atoms with Crippen molar-refractivity contribution in [2.24, 2.45) is 10.9 Å². The van der Waals surface area contributed by atoms with Crippen molar-refractivity contribution < 1.29 is 24.0 Å². The number of carbonyl (C=O) groups is 2. The maximum Gasteiger partial charge on any atom is 0.336 e. The maximum absolute atomic E-state index is 12.8. The fraction of sp³-hybridized carbons (Fsp3) is 0.421. The van der Waals surface area contributed by atoms with Gasteiger partial charge in [0.25, 0.3) is 5.69 Å². The number of halogens is 2. The Bertz CT molecular complexity index is 868. The van der Waals surface area contributed by atoms with Crippen LogP contribution in [0.5, 0.6) is 0 Å². The number of benzene rings is 1. The molecule has 0 spiro atoms. The predicted molar refractivity (Wildman–Crippen MR) is 108 cm³/mol. The summed E-state index contributed by atoms with van der Waals surface area (Å²) in [5.41, 5.74) is 1.15. The van der Waals surface area contributed by atoms with Crippen LogP contribution in [0.4, 0.5) is 5.69 Å². The molecule has 0 aliphatic carbocycles. The summed E-state index contributed by atoms with van der Waals surface area (Å²) in [7, 11) is 0. The summed E-state index contributed by atoms with van der Waals surface area (Å²) in [6.07, 6.45) is 0. The lowest BCUT2D eigenvalue weighted by molar-refractivity contribution is -0.384. The molecule has 1 aromatic carbocycles. The van der Waals surface area contributed by atoms with Gasteiger partial charge < -0.3 is 9.47 Å². The first kappa shape index (κ1) is 22.8. The number of hydrogen-bond donors (Lipinski definition) is 0. The molecule has 10 heteroatoms. The molecule has 1 aliphatic rings. The van der Waals surface area contributed by atoms with Gasteiger partial charge in [-0.3, -0.25) is 19.9 Å². The predicted octanol–water partition coefficient (Wildman–Crippen LogP) is 3.61. The number of rotatable bonds is 8. The van der Waals surface area contributed by atoms with Gasteiger partial charge in [0.2, 0.25) is 0 Å². The van der Waals surface area contributed by atoms with Crippen molar-refractivity contribution >= 4 is 46.5 Å². The van der Waals surface area contributed by atoms with E-state index in [4.69, 9.17) is 32.7 Å². The lowest BCUT2D eigenvalue weighted by Gasteiger charge is -2.31. The van der Waals surface area contributed by atoms with Gasteiger partial charge in [-0.05, 0) is 19.4 Å². The van der Waals surface area contributed by atoms with E-state index >= 15 is 0 Å². The fourth-order valence-corrected chi connectivity index (χ4v) is 3.39. The molecular formula is C19H20Cl2N2O6. The molecule has 8 nitrogen and oxygen atoms in total. The topological polar surface area (TPSA) is 108 Å². The van der Waals surface area contributed by atoms with Crippen LogP contribution in [0, 0.1) is 16.0 Å². The maximum atomic E-state index is 12.8. The Labute approximate surface area is 177 Å². The van der Waals surface area contributed by atoms with Crippen molar-refractivity contribution in [1.29, 1.82) is 0 Å². The molecule has 1 aromatic rings. The van der Waals surface area contributed by atoms with Gasteiger partial charge in [-0.15, -0.1) is 23.2 Å². The number of esters is 2. The highest BCUT2D eigenvalue weighted by Crippen LogP contribution is 2.41. The molecule has 0 saturated carbocycles. The summed E-state index contributed by atoms with van der Waals surface area (Å²) in [4.78, 5) is 40.5. The van der Waals surface area contributed by atoms with E-state index in [1.165, 1.54) is 18.2 Å². The molecule has 2 rings (SSSR count). The second kappa shape index (κ2) is 10.4. The molecule has 1 aliphatic heterocycles. The first-order valence-corrected chi connectivity index (χ1v) is 9.84. The quantitative estimate of drug-likeness (QED) is 0.263. The number of allylic oxidation sites excluding steroid dienone is 1. The molecule has 29 heavy (non-hydrogen) atoms. The minimum Gasteiger partial charge on any atom is -0.464 e. The number of carbonyl (C=O) groups excluding carboxylic acids is 2. The van der Waals surface area contributed by atoms with Gasteiger partial charge in [0.05, 0.1) is 22.3 Å². The Kier molecular flexibility index (Phi) is 8.16. The molecule has 0 saturated heterocycles. The number of nitro groups is 1. The molecule has 1 heterocycles. The Morgan fingerprint density at radius 2 is 1.83 bits per heavy atom. The molecule has 0 bridgehead atoms. The van der Waals surface area contributed by atoms with E-state index in [1.807, 2.05) is 0 Å². The third-order valence-electron chi connectivity index (χ3n) is 4.37. The number of alkyl halides is 2. The fourth-order valence-electron chi connectivity index (χ4n) is 3.24. The van der Waals surface area contributed by atoms with Crippen molar-refractivity contribution in [3.8, 4) is 0 Å². The minimum absolute atomic E-state index is 0.0133. The van der Waals surface area contributed by atoms with Gasteiger partial charge in [-0.25, -0.2) is 4.79 Å². The molecule has 0 amide bonds. The van der Waals surface area contributed by atoms with E-state index < -0.39 is 28.7 Å². The largest absolute Gasteiger partial charge is 0.464 e. The van der Waals surface area contributed by atoms with E-state index in [1.54, 1.807) is 19.9 Å². The van der Waals surface area contributed by atoms with Crippen LogP contribution >= 0.6 is 23.2 Å². The lowest BCUT2D eigenvalue weighted by Crippen LogP contribution is -2.37. The number of ether oxygens (including phenoxy) is 2. The van der Waals surface area contributed by atoms with E-state index in [-0.39, 0.29) is 36.2 Å². The van der Waals surface area contributed by atoms with Crippen LogP contribution in [-0.4, -0.2) is 47.5 Å². The zero-order valence-electron chi connectivity index (χ0n) is 15.9. The highest BCUT2D eigenvalue weighted by molar-refractivity contribution is 6.18. The number of non-ortho nitro benzene ring substituents is 1. The third kappa shape index (κ3) is 5.33. The van der Waals surface area contributed by atoms with Crippen molar-refractivity contribution in [1.82, 2.24) is 0 Å². The molecule has 156 valence electrons. The van der Waals surface area contributed by atoms with Crippen LogP contribution in [0.15, 0.2) is 40.5 Å². The van der Waals surface area contributed by atoms with Crippen LogP contribution in [0.25, 0.3) is 0 Å². The van der Waals surface area contributed by atoms with Crippen LogP contribution in [0.3, 0.4) is 0 Å². The SMILES string of the molecule is CC1=NC(C)=C(C(=O)OCCCl)C(c2cccc([N+](=O)[O-])c2)C1C(=O)OCCCl. The second-order valence-electron chi connectivity index (χ2n) is 6.24. The monoisotopic (exact) mass is 442 g/mol. The molecule has 0 N–H and O–H groups in total. The normalized spacial score (nSPS) is 18.8. The van der Waals surface area contributed by atoms with Gasteiger partial charge in [-0.2, -0.15) is 0 Å². The van der Waals surface area contributed by atoms with E-state index in [9.17, 15) is 19.7 Å². The Morgan fingerprint density at radius 1 is 1.17 bits per heavy atom. The van der Waals surface area contributed by atoms with Gasteiger partial charge >= 0.3 is 11.9 Å². The molecule has 0 radical (unpaired) electrons. The van der Waals surface area contributed by atoms with E-state index in [2.05, 4.69) is 4.99 Å². The Balaban J connectivity index is 2.60. The minimum atomic E-state index is -0.956. The first-order chi connectivity index (χ1) is 13.8. The van der Waals surface area contributed by atoms with Crippen molar-refractivity contribution in [2.45, 2.75) is 19.8 Å². The molecule has 0 fully saturated rings. The van der Waals surface area contributed by atoms with E-state index in [0.29, 0.717) is 17.0 Å². The average molecular weight is 443 g/mol. The van der Waals surface area contributed by atoms with Gasteiger partial charge in [0.15, 0.2) is 0 Å². The summed E-state index contributed by atoms with van der Waals surface area (Å²) in [5, 5.41) is 11.2. The Hall–Kier alpha value is -2.45. The summed E-state index contributed by atoms with van der Waals surface area (Å²) < 4.78 is 10.4. The summed E-state index contributed by atoms with van der Waals surface area (Å²) in [6, 6.07) is 5.76. The van der Waals surface area contributed by atoms with Crippen LogP contribution in [0.1, 0.15) is 25.3 Å². The van der Waals surface area contributed by atoms with Gasteiger partial charge in [0, 0.05) is 29.5 Å². The first-order valence-electron chi connectivity index (χ1n) is 8.77. The third-order valence-corrected chi connectivity index (χ3v) is 4.68. The van der Waals surface area contributed by atoms with Crippen molar-refractivity contribution in [3.05, 3.63) is 51.2 Å². The highest BCUT2D eigenvalue weighted by atomic mass is 35.5. The van der Waals surface area contributed by atoms with Crippen LogP contribution in [-0.2, 0) is 19.1 Å². The molecule has 2 unspecified atom stereocenters. The number of aliphatic imine (C=N–C) groups is 1. The molecule has 0 aromatic heterocycles. The number of hydrogen-bond acceptors (Lipinski definition) is 7. The standard InChI is InChI=1S/C19H20Cl2N2O6/c1-11-15(18(24)28-8-6-20)17(13-4-3-5-14(10-13)23(26)27)16(12(2)22-11)19(25)29-9-7-21/h3-5,10,15,17H,6-9H2,1-2H3. The number of nitro benzene ring substituents is 1.